The summed E-state index contributed by atoms with van der Waals surface area (Å²) < 4.78 is 13.6. The molecule has 176 valence electrons. The molecular weight excluding hydrogens is 436 g/mol. The molecule has 1 unspecified atom stereocenters. The third kappa shape index (κ3) is 6.99. The molecule has 0 spiro atoms. The Morgan fingerprint density at radius 2 is 1.76 bits per heavy atom. The number of hydrogen-bond donors (Lipinski definition) is 1. The molecule has 0 fully saturated rings. The number of ether oxygens (including phenoxy) is 2. The van der Waals surface area contributed by atoms with Gasteiger partial charge in [0.15, 0.2) is 28.6 Å². The van der Waals surface area contributed by atoms with Gasteiger partial charge in [-0.15, -0.1) is 10.2 Å². The topological polar surface area (TPSA) is 78.3 Å². The van der Waals surface area contributed by atoms with Crippen LogP contribution in [0.3, 0.4) is 0 Å². The first-order chi connectivity index (χ1) is 15.9. The highest BCUT2D eigenvalue weighted by atomic mass is 32.2. The quantitative estimate of drug-likeness (QED) is 0.407. The molecule has 0 aliphatic rings. The number of methoxy groups -OCH3 is 1. The van der Waals surface area contributed by atoms with Crippen LogP contribution in [0.15, 0.2) is 53.7 Å². The molecule has 0 saturated carbocycles. The Morgan fingerprint density at radius 1 is 1.06 bits per heavy atom. The molecule has 3 aromatic rings. The van der Waals surface area contributed by atoms with Crippen molar-refractivity contribution in [1.29, 1.82) is 0 Å². The van der Waals surface area contributed by atoms with Crippen molar-refractivity contribution in [3.05, 3.63) is 65.5 Å². The highest BCUT2D eigenvalue weighted by molar-refractivity contribution is 7.99. The molecule has 2 aromatic carbocycles. The average Bonchev–Trinajstić information content (AvgIpc) is 3.19. The van der Waals surface area contributed by atoms with Gasteiger partial charge >= 0.3 is 0 Å². The van der Waals surface area contributed by atoms with Crippen LogP contribution in [0.5, 0.6) is 11.5 Å². The highest BCUT2D eigenvalue weighted by Crippen LogP contribution is 2.31. The maximum atomic E-state index is 12.4. The lowest BCUT2D eigenvalue weighted by Crippen LogP contribution is -2.24. The van der Waals surface area contributed by atoms with Gasteiger partial charge in [-0.1, -0.05) is 67.6 Å². The number of aryl methyl sites for hydroxylation is 1. The molecule has 33 heavy (non-hydrogen) atoms. The predicted molar refractivity (Wildman–Crippen MR) is 131 cm³/mol. The number of para-hydroxylation sites is 2. The fourth-order valence-electron chi connectivity index (χ4n) is 3.29. The van der Waals surface area contributed by atoms with E-state index in [0.29, 0.717) is 29.1 Å². The monoisotopic (exact) mass is 468 g/mol. The number of carbonyl (C=O) groups excluding carboxylic acids is 1. The smallest absolute Gasteiger partial charge is 0.230 e. The SMILES string of the molecule is COc1ccccc1OC(C)c1nnc(SCC(=O)NCc2ccc(C)cc2)n1CC(C)C. The van der Waals surface area contributed by atoms with Gasteiger partial charge in [-0.2, -0.15) is 0 Å². The van der Waals surface area contributed by atoms with Crippen molar-refractivity contribution in [2.45, 2.75) is 52.0 Å². The maximum absolute atomic E-state index is 12.4. The van der Waals surface area contributed by atoms with Crippen molar-refractivity contribution in [1.82, 2.24) is 20.1 Å². The zero-order valence-corrected chi connectivity index (χ0v) is 20.7. The Kier molecular flexibility index (Phi) is 8.77. The Balaban J connectivity index is 1.65. The fourth-order valence-corrected chi connectivity index (χ4v) is 4.08. The largest absolute Gasteiger partial charge is 0.493 e. The molecule has 7 nitrogen and oxygen atoms in total. The van der Waals surface area contributed by atoms with E-state index in [1.807, 2.05) is 66.9 Å². The van der Waals surface area contributed by atoms with E-state index in [1.165, 1.54) is 17.3 Å². The van der Waals surface area contributed by atoms with Gasteiger partial charge in [0.1, 0.15) is 0 Å². The van der Waals surface area contributed by atoms with Crippen LogP contribution in [0, 0.1) is 12.8 Å². The van der Waals surface area contributed by atoms with Crippen LogP contribution in [-0.2, 0) is 17.9 Å². The highest BCUT2D eigenvalue weighted by Gasteiger charge is 2.22. The van der Waals surface area contributed by atoms with Crippen molar-refractivity contribution >= 4 is 17.7 Å². The van der Waals surface area contributed by atoms with Gasteiger partial charge in [-0.05, 0) is 37.5 Å². The Labute approximate surface area is 199 Å². The third-order valence-electron chi connectivity index (χ3n) is 4.97. The molecule has 1 atom stereocenters. The van der Waals surface area contributed by atoms with Gasteiger partial charge in [0.05, 0.1) is 12.9 Å². The summed E-state index contributed by atoms with van der Waals surface area (Å²) in [5, 5.41) is 12.4. The summed E-state index contributed by atoms with van der Waals surface area (Å²) in [7, 11) is 1.62. The lowest BCUT2D eigenvalue weighted by Gasteiger charge is -2.19. The van der Waals surface area contributed by atoms with Crippen LogP contribution in [-0.4, -0.2) is 33.5 Å². The van der Waals surface area contributed by atoms with E-state index < -0.39 is 0 Å². The first kappa shape index (κ1) is 24.6. The minimum atomic E-state index is -0.336. The van der Waals surface area contributed by atoms with Gasteiger partial charge < -0.3 is 19.4 Å². The van der Waals surface area contributed by atoms with E-state index in [2.05, 4.69) is 29.4 Å². The van der Waals surface area contributed by atoms with E-state index in [0.717, 1.165) is 17.9 Å². The average molecular weight is 469 g/mol. The lowest BCUT2D eigenvalue weighted by atomic mass is 10.1. The van der Waals surface area contributed by atoms with E-state index in [-0.39, 0.29) is 17.8 Å². The summed E-state index contributed by atoms with van der Waals surface area (Å²) in [5.41, 5.74) is 2.27. The van der Waals surface area contributed by atoms with Crippen LogP contribution in [0.4, 0.5) is 0 Å². The fraction of sp³-hybridized carbons (Fsp3) is 0.400. The molecule has 0 aliphatic carbocycles. The minimum absolute atomic E-state index is 0.0421. The van der Waals surface area contributed by atoms with E-state index in [9.17, 15) is 4.79 Å². The number of carbonyl (C=O) groups is 1. The summed E-state index contributed by atoms with van der Waals surface area (Å²) in [6, 6.07) is 15.7. The van der Waals surface area contributed by atoms with Crippen LogP contribution in [0.25, 0.3) is 0 Å². The number of thioether (sulfide) groups is 1. The molecule has 0 radical (unpaired) electrons. The third-order valence-corrected chi connectivity index (χ3v) is 5.94. The molecule has 1 heterocycles. The Hall–Kier alpha value is -3.00. The van der Waals surface area contributed by atoms with E-state index in [4.69, 9.17) is 9.47 Å². The van der Waals surface area contributed by atoms with Gasteiger partial charge in [-0.25, -0.2) is 0 Å². The number of amides is 1. The predicted octanol–water partition coefficient (Wildman–Crippen LogP) is 4.80. The first-order valence-corrected chi connectivity index (χ1v) is 12.0. The Bertz CT molecular complexity index is 1050. The summed E-state index contributed by atoms with van der Waals surface area (Å²) in [4.78, 5) is 12.4. The molecule has 0 aliphatic heterocycles. The Morgan fingerprint density at radius 3 is 2.42 bits per heavy atom. The van der Waals surface area contributed by atoms with Crippen molar-refractivity contribution in [2.24, 2.45) is 5.92 Å². The summed E-state index contributed by atoms with van der Waals surface area (Å²) in [6.45, 7) is 9.50. The number of nitrogens with zero attached hydrogens (tertiary/aromatic N) is 3. The number of benzene rings is 2. The lowest BCUT2D eigenvalue weighted by molar-refractivity contribution is -0.118. The standard InChI is InChI=1S/C25H32N4O3S/c1-17(2)15-29-24(19(4)32-22-9-7-6-8-21(22)31-5)27-28-25(29)33-16-23(30)26-14-20-12-10-18(3)11-13-20/h6-13,17,19H,14-16H2,1-5H3,(H,26,30). The van der Waals surface area contributed by atoms with Crippen molar-refractivity contribution in [3.8, 4) is 11.5 Å². The normalized spacial score (nSPS) is 11.9. The second kappa shape index (κ2) is 11.7. The molecule has 1 N–H and O–H groups in total. The molecule has 8 heteroatoms. The molecule has 1 amide bonds. The zero-order valence-electron chi connectivity index (χ0n) is 19.9. The summed E-state index contributed by atoms with van der Waals surface area (Å²) in [5.74, 6) is 2.64. The summed E-state index contributed by atoms with van der Waals surface area (Å²) in [6.07, 6.45) is -0.336. The van der Waals surface area contributed by atoms with Crippen LogP contribution in [0.2, 0.25) is 0 Å². The molecule has 3 rings (SSSR count). The second-order valence-corrected chi connectivity index (χ2v) is 9.25. The van der Waals surface area contributed by atoms with E-state index >= 15 is 0 Å². The number of aromatic nitrogens is 3. The molecule has 0 saturated heterocycles. The minimum Gasteiger partial charge on any atom is -0.493 e. The van der Waals surface area contributed by atoms with Crippen molar-refractivity contribution in [3.63, 3.8) is 0 Å². The van der Waals surface area contributed by atoms with Gasteiger partial charge in [0.25, 0.3) is 0 Å². The van der Waals surface area contributed by atoms with Crippen molar-refractivity contribution < 1.29 is 14.3 Å². The number of hydrogen-bond acceptors (Lipinski definition) is 6. The second-order valence-electron chi connectivity index (χ2n) is 8.31. The van der Waals surface area contributed by atoms with Crippen LogP contribution < -0.4 is 14.8 Å². The van der Waals surface area contributed by atoms with Gasteiger partial charge in [0.2, 0.25) is 5.91 Å². The number of nitrogens with one attached hydrogen (secondary N) is 1. The van der Waals surface area contributed by atoms with Gasteiger partial charge in [0, 0.05) is 13.1 Å². The molecular formula is C25H32N4O3S. The zero-order chi connectivity index (χ0) is 23.8. The molecule has 0 bridgehead atoms. The van der Waals surface area contributed by atoms with Crippen molar-refractivity contribution in [2.75, 3.05) is 12.9 Å². The summed E-state index contributed by atoms with van der Waals surface area (Å²) >= 11 is 1.38. The van der Waals surface area contributed by atoms with Crippen LogP contribution >= 0.6 is 11.8 Å². The first-order valence-electron chi connectivity index (χ1n) is 11.0. The van der Waals surface area contributed by atoms with E-state index in [1.54, 1.807) is 7.11 Å². The van der Waals surface area contributed by atoms with Gasteiger partial charge in [-0.3, -0.25) is 4.79 Å². The number of rotatable bonds is 11. The van der Waals surface area contributed by atoms with Crippen LogP contribution in [0.1, 0.15) is 43.8 Å². The molecule has 1 aromatic heterocycles. The maximum Gasteiger partial charge on any atom is 0.230 e.